The molecule has 0 aromatic heterocycles. The average Bonchev–Trinajstić information content (AvgIpc) is 2.16. The number of benzene rings is 1. The van der Waals surface area contributed by atoms with Crippen LogP contribution < -0.4 is 10.5 Å². The van der Waals surface area contributed by atoms with Crippen LogP contribution in [0.2, 0.25) is 0 Å². The van der Waals surface area contributed by atoms with Gasteiger partial charge in [0, 0.05) is 12.5 Å². The molecule has 0 saturated heterocycles. The zero-order chi connectivity index (χ0) is 10.9. The number of rotatable bonds is 3. The Morgan fingerprint density at radius 3 is 2.87 bits per heavy atom. The van der Waals surface area contributed by atoms with Crippen molar-refractivity contribution in [2.24, 2.45) is 5.73 Å². The lowest BCUT2D eigenvalue weighted by Gasteiger charge is -2.39. The van der Waals surface area contributed by atoms with Crippen LogP contribution in [0.15, 0.2) is 24.3 Å². The Morgan fingerprint density at radius 1 is 1.53 bits per heavy atom. The molecule has 15 heavy (non-hydrogen) atoms. The molecule has 1 aromatic rings. The summed E-state index contributed by atoms with van der Waals surface area (Å²) in [6.07, 6.45) is 1.40. The van der Waals surface area contributed by atoms with Gasteiger partial charge in [0.05, 0.1) is 7.11 Å². The Labute approximate surface area is 89.2 Å². The highest BCUT2D eigenvalue weighted by molar-refractivity contribution is 5.30. The molecule has 2 rings (SSSR count). The number of hydrogen-bond acceptors (Lipinski definition) is 2. The third-order valence-electron chi connectivity index (χ3n) is 2.91. The molecule has 1 aliphatic carbocycles. The van der Waals surface area contributed by atoms with Gasteiger partial charge in [-0.25, -0.2) is 4.39 Å². The van der Waals surface area contributed by atoms with Gasteiger partial charge in [-0.1, -0.05) is 12.1 Å². The lowest BCUT2D eigenvalue weighted by atomic mass is 9.74. The van der Waals surface area contributed by atoms with Gasteiger partial charge in [-0.2, -0.15) is 0 Å². The molecule has 0 heterocycles. The lowest BCUT2D eigenvalue weighted by molar-refractivity contribution is 0.0444. The summed E-state index contributed by atoms with van der Waals surface area (Å²) in [6.45, 7) is 0. The van der Waals surface area contributed by atoms with Gasteiger partial charge in [0.25, 0.3) is 0 Å². The minimum absolute atomic E-state index is 0.0422. The Bertz CT molecular complexity index is 347. The van der Waals surface area contributed by atoms with E-state index in [9.17, 15) is 4.39 Å². The zero-order valence-electron chi connectivity index (χ0n) is 8.87. The lowest BCUT2D eigenvalue weighted by Crippen LogP contribution is -2.49. The van der Waals surface area contributed by atoms with Crippen molar-refractivity contribution in [2.75, 3.05) is 7.11 Å². The standard InChI is InChI=1S/C12H16FNO/c1-15-11-4-2-3-9(5-11)6-12(13)7-10(14)8-12/h2-5,10H,6-8,14H2,1H3. The molecule has 1 saturated carbocycles. The molecule has 0 amide bonds. The van der Waals surface area contributed by atoms with E-state index in [1.807, 2.05) is 24.3 Å². The Hall–Kier alpha value is -1.09. The summed E-state index contributed by atoms with van der Waals surface area (Å²) in [7, 11) is 1.61. The third kappa shape index (κ3) is 2.29. The molecule has 1 aliphatic rings. The summed E-state index contributed by atoms with van der Waals surface area (Å²) in [5.41, 5.74) is 5.48. The van der Waals surface area contributed by atoms with Gasteiger partial charge in [0.1, 0.15) is 11.4 Å². The molecule has 82 valence electrons. The number of ether oxygens (including phenoxy) is 1. The summed E-state index contributed by atoms with van der Waals surface area (Å²) < 4.78 is 19.1. The molecule has 2 nitrogen and oxygen atoms in total. The van der Waals surface area contributed by atoms with Crippen LogP contribution >= 0.6 is 0 Å². The van der Waals surface area contributed by atoms with Crippen LogP contribution in [0.25, 0.3) is 0 Å². The van der Waals surface area contributed by atoms with Crippen LogP contribution in [0, 0.1) is 0 Å². The van der Waals surface area contributed by atoms with E-state index in [-0.39, 0.29) is 6.04 Å². The van der Waals surface area contributed by atoms with Crippen molar-refractivity contribution in [3.8, 4) is 5.75 Å². The van der Waals surface area contributed by atoms with Crippen molar-refractivity contribution >= 4 is 0 Å². The van der Waals surface area contributed by atoms with E-state index in [0.29, 0.717) is 19.3 Å². The Kier molecular flexibility index (Phi) is 2.65. The average molecular weight is 209 g/mol. The van der Waals surface area contributed by atoms with Crippen LogP contribution in [0.3, 0.4) is 0 Å². The van der Waals surface area contributed by atoms with E-state index in [2.05, 4.69) is 0 Å². The minimum atomic E-state index is -1.09. The van der Waals surface area contributed by atoms with Gasteiger partial charge < -0.3 is 10.5 Å². The van der Waals surface area contributed by atoms with Gasteiger partial charge in [-0.3, -0.25) is 0 Å². The van der Waals surface area contributed by atoms with Gasteiger partial charge in [-0.05, 0) is 30.5 Å². The van der Waals surface area contributed by atoms with Gasteiger partial charge >= 0.3 is 0 Å². The molecule has 3 heteroatoms. The first-order chi connectivity index (χ1) is 7.11. The number of halogens is 1. The fourth-order valence-electron chi connectivity index (χ4n) is 2.17. The number of nitrogens with two attached hydrogens (primary N) is 1. The Morgan fingerprint density at radius 2 is 2.27 bits per heavy atom. The quantitative estimate of drug-likeness (QED) is 0.827. The molecule has 1 aromatic carbocycles. The van der Waals surface area contributed by atoms with Crippen molar-refractivity contribution in [1.82, 2.24) is 0 Å². The van der Waals surface area contributed by atoms with Crippen molar-refractivity contribution in [2.45, 2.75) is 31.0 Å². The molecular formula is C12H16FNO. The smallest absolute Gasteiger partial charge is 0.119 e. The fraction of sp³-hybridized carbons (Fsp3) is 0.500. The predicted molar refractivity (Wildman–Crippen MR) is 57.7 cm³/mol. The summed E-state index contributed by atoms with van der Waals surface area (Å²) in [5, 5.41) is 0. The molecule has 2 N–H and O–H groups in total. The maximum atomic E-state index is 14.0. The van der Waals surface area contributed by atoms with Crippen LogP contribution in [0.1, 0.15) is 18.4 Å². The number of methoxy groups -OCH3 is 1. The second-order valence-corrected chi connectivity index (χ2v) is 4.35. The molecule has 0 spiro atoms. The third-order valence-corrected chi connectivity index (χ3v) is 2.91. The maximum absolute atomic E-state index is 14.0. The van der Waals surface area contributed by atoms with E-state index < -0.39 is 5.67 Å². The van der Waals surface area contributed by atoms with Gasteiger partial charge in [0.15, 0.2) is 0 Å². The van der Waals surface area contributed by atoms with E-state index >= 15 is 0 Å². The molecule has 0 aliphatic heterocycles. The monoisotopic (exact) mass is 209 g/mol. The Balaban J connectivity index is 2.04. The largest absolute Gasteiger partial charge is 0.497 e. The summed E-state index contributed by atoms with van der Waals surface area (Å²) in [4.78, 5) is 0. The summed E-state index contributed by atoms with van der Waals surface area (Å²) in [5.74, 6) is 0.778. The molecule has 0 radical (unpaired) electrons. The SMILES string of the molecule is COc1cccc(CC2(F)CC(N)C2)c1. The first-order valence-corrected chi connectivity index (χ1v) is 5.19. The topological polar surface area (TPSA) is 35.2 Å². The first kappa shape index (κ1) is 10.4. The van der Waals surface area contributed by atoms with Crippen LogP contribution in [0.5, 0.6) is 5.75 Å². The molecule has 0 unspecified atom stereocenters. The highest BCUT2D eigenvalue weighted by atomic mass is 19.1. The highest BCUT2D eigenvalue weighted by Gasteiger charge is 2.42. The molecule has 0 atom stereocenters. The second-order valence-electron chi connectivity index (χ2n) is 4.35. The predicted octanol–water partition coefficient (Wildman–Crippen LogP) is 2.07. The highest BCUT2D eigenvalue weighted by Crippen LogP contribution is 2.38. The van der Waals surface area contributed by atoms with E-state index in [0.717, 1.165) is 11.3 Å². The van der Waals surface area contributed by atoms with Gasteiger partial charge in [0.2, 0.25) is 0 Å². The number of hydrogen-bond donors (Lipinski definition) is 1. The van der Waals surface area contributed by atoms with Gasteiger partial charge in [-0.15, -0.1) is 0 Å². The van der Waals surface area contributed by atoms with E-state index in [4.69, 9.17) is 10.5 Å². The zero-order valence-corrected chi connectivity index (χ0v) is 8.87. The van der Waals surface area contributed by atoms with Crippen LogP contribution in [-0.4, -0.2) is 18.8 Å². The van der Waals surface area contributed by atoms with Crippen molar-refractivity contribution < 1.29 is 9.13 Å². The normalized spacial score (nSPS) is 29.7. The minimum Gasteiger partial charge on any atom is -0.497 e. The van der Waals surface area contributed by atoms with Crippen molar-refractivity contribution in [3.05, 3.63) is 29.8 Å². The van der Waals surface area contributed by atoms with Crippen LogP contribution in [-0.2, 0) is 6.42 Å². The second kappa shape index (κ2) is 3.81. The molecule has 1 fully saturated rings. The molecular weight excluding hydrogens is 193 g/mol. The summed E-state index contributed by atoms with van der Waals surface area (Å²) >= 11 is 0. The van der Waals surface area contributed by atoms with Crippen molar-refractivity contribution in [1.29, 1.82) is 0 Å². The first-order valence-electron chi connectivity index (χ1n) is 5.19. The number of alkyl halides is 1. The molecule has 0 bridgehead atoms. The van der Waals surface area contributed by atoms with Crippen molar-refractivity contribution in [3.63, 3.8) is 0 Å². The van der Waals surface area contributed by atoms with E-state index in [1.165, 1.54) is 0 Å². The summed E-state index contributed by atoms with van der Waals surface area (Å²) in [6, 6.07) is 7.59. The van der Waals surface area contributed by atoms with E-state index in [1.54, 1.807) is 7.11 Å². The van der Waals surface area contributed by atoms with Crippen LogP contribution in [0.4, 0.5) is 4.39 Å². The fourth-order valence-corrected chi connectivity index (χ4v) is 2.17. The maximum Gasteiger partial charge on any atom is 0.119 e.